The maximum absolute atomic E-state index is 12.8. The van der Waals surface area contributed by atoms with E-state index in [0.717, 1.165) is 5.69 Å². The van der Waals surface area contributed by atoms with E-state index in [1.807, 2.05) is 50.2 Å². The van der Waals surface area contributed by atoms with Crippen LogP contribution in [0.2, 0.25) is 0 Å². The quantitative estimate of drug-likeness (QED) is 0.594. The smallest absolute Gasteiger partial charge is 0.329 e. The highest BCUT2D eigenvalue weighted by atomic mass is 16.5. The molecule has 158 valence electrons. The number of amides is 1. The predicted molar refractivity (Wildman–Crippen MR) is 115 cm³/mol. The van der Waals surface area contributed by atoms with Gasteiger partial charge >= 0.3 is 5.97 Å². The Hall–Kier alpha value is -3.92. The first-order chi connectivity index (χ1) is 14.9. The van der Waals surface area contributed by atoms with Crippen molar-refractivity contribution in [1.29, 1.82) is 5.26 Å². The molecule has 2 aromatic carbocycles. The van der Waals surface area contributed by atoms with Crippen molar-refractivity contribution in [3.05, 3.63) is 83.2 Å². The molecular formula is C24H24N4O3. The second-order valence-electron chi connectivity index (χ2n) is 7.44. The van der Waals surface area contributed by atoms with Crippen molar-refractivity contribution in [1.82, 2.24) is 15.1 Å². The number of carbonyl (C=O) groups excluding carboxylic acids is 2. The first-order valence-electron chi connectivity index (χ1n) is 9.99. The minimum absolute atomic E-state index is 0.137. The number of rotatable bonds is 7. The highest BCUT2D eigenvalue weighted by molar-refractivity contribution is 5.96. The lowest BCUT2D eigenvalue weighted by Crippen LogP contribution is -2.45. The van der Waals surface area contributed by atoms with Gasteiger partial charge in [0.2, 0.25) is 0 Å². The summed E-state index contributed by atoms with van der Waals surface area (Å²) in [5, 5.41) is 16.7. The van der Waals surface area contributed by atoms with E-state index in [0.29, 0.717) is 22.5 Å². The van der Waals surface area contributed by atoms with Crippen molar-refractivity contribution in [3.63, 3.8) is 0 Å². The first-order valence-corrected chi connectivity index (χ1v) is 9.99. The van der Waals surface area contributed by atoms with E-state index in [1.54, 1.807) is 35.9 Å². The molecule has 0 aliphatic carbocycles. The molecule has 31 heavy (non-hydrogen) atoms. The SMILES string of the molecule is Cc1nn(-c2ccccc2)c(COC(=O)[C@H](NC(=O)c2ccccc2)C(C)C)c1C#N. The van der Waals surface area contributed by atoms with Gasteiger partial charge in [0.25, 0.3) is 5.91 Å². The minimum Gasteiger partial charge on any atom is -0.458 e. The second kappa shape index (κ2) is 9.72. The monoisotopic (exact) mass is 416 g/mol. The van der Waals surface area contributed by atoms with Crippen LogP contribution in [0.25, 0.3) is 5.69 Å². The summed E-state index contributed by atoms with van der Waals surface area (Å²) in [6.07, 6.45) is 0. The Balaban J connectivity index is 1.79. The van der Waals surface area contributed by atoms with Crippen LogP contribution in [0, 0.1) is 24.2 Å². The molecule has 7 heteroatoms. The third-order valence-corrected chi connectivity index (χ3v) is 4.86. The van der Waals surface area contributed by atoms with Crippen LogP contribution in [0.3, 0.4) is 0 Å². The molecule has 1 aromatic heterocycles. The normalized spacial score (nSPS) is 11.6. The fourth-order valence-electron chi connectivity index (χ4n) is 3.18. The molecule has 0 unspecified atom stereocenters. The molecule has 0 bridgehead atoms. The van der Waals surface area contributed by atoms with Crippen LogP contribution in [0.15, 0.2) is 60.7 Å². The zero-order chi connectivity index (χ0) is 22.4. The van der Waals surface area contributed by atoms with E-state index in [2.05, 4.69) is 16.5 Å². The van der Waals surface area contributed by atoms with Gasteiger partial charge in [0.15, 0.2) is 0 Å². The molecule has 0 fully saturated rings. The fourth-order valence-corrected chi connectivity index (χ4v) is 3.18. The Morgan fingerprint density at radius 2 is 1.71 bits per heavy atom. The summed E-state index contributed by atoms with van der Waals surface area (Å²) in [6.45, 7) is 5.26. The molecule has 1 N–H and O–H groups in total. The van der Waals surface area contributed by atoms with Crippen LogP contribution in [-0.4, -0.2) is 27.7 Å². The Kier molecular flexibility index (Phi) is 6.83. The van der Waals surface area contributed by atoms with Gasteiger partial charge < -0.3 is 10.1 Å². The average molecular weight is 416 g/mol. The lowest BCUT2D eigenvalue weighted by molar-refractivity contribution is -0.148. The van der Waals surface area contributed by atoms with Gasteiger partial charge in [-0.3, -0.25) is 4.79 Å². The molecule has 0 radical (unpaired) electrons. The standard InChI is InChI=1S/C24H24N4O3/c1-16(2)22(26-23(29)18-10-6-4-7-11-18)24(30)31-15-21-20(14-25)17(3)27-28(21)19-12-8-5-9-13-19/h4-13,16,22H,15H2,1-3H3,(H,26,29)/t22-/m1/s1. The summed E-state index contributed by atoms with van der Waals surface area (Å²) in [7, 11) is 0. The zero-order valence-electron chi connectivity index (χ0n) is 17.7. The van der Waals surface area contributed by atoms with Crippen LogP contribution >= 0.6 is 0 Å². The van der Waals surface area contributed by atoms with E-state index in [1.165, 1.54) is 0 Å². The highest BCUT2D eigenvalue weighted by Gasteiger charge is 2.27. The van der Waals surface area contributed by atoms with E-state index in [-0.39, 0.29) is 18.4 Å². The van der Waals surface area contributed by atoms with Gasteiger partial charge in [0.05, 0.1) is 17.1 Å². The van der Waals surface area contributed by atoms with Crippen molar-refractivity contribution in [2.45, 2.75) is 33.4 Å². The Labute approximate surface area is 181 Å². The van der Waals surface area contributed by atoms with Gasteiger partial charge in [0.1, 0.15) is 24.3 Å². The summed E-state index contributed by atoms with van der Waals surface area (Å²) in [5.41, 5.74) is 2.62. The Bertz CT molecular complexity index is 1100. The van der Waals surface area contributed by atoms with Gasteiger partial charge in [-0.05, 0) is 37.1 Å². The summed E-state index contributed by atoms with van der Waals surface area (Å²) in [4.78, 5) is 25.3. The number of hydrogen-bond acceptors (Lipinski definition) is 5. The zero-order valence-corrected chi connectivity index (χ0v) is 17.7. The molecular weight excluding hydrogens is 392 g/mol. The lowest BCUT2D eigenvalue weighted by Gasteiger charge is -2.21. The van der Waals surface area contributed by atoms with Gasteiger partial charge in [-0.2, -0.15) is 10.4 Å². The molecule has 1 amide bonds. The number of carbonyl (C=O) groups is 2. The Morgan fingerprint density at radius 1 is 1.10 bits per heavy atom. The summed E-state index contributed by atoms with van der Waals surface area (Å²) in [5.74, 6) is -1.10. The van der Waals surface area contributed by atoms with E-state index >= 15 is 0 Å². The van der Waals surface area contributed by atoms with Crippen LogP contribution in [-0.2, 0) is 16.1 Å². The van der Waals surface area contributed by atoms with Crippen LogP contribution in [0.5, 0.6) is 0 Å². The molecule has 0 aliphatic rings. The largest absolute Gasteiger partial charge is 0.458 e. The van der Waals surface area contributed by atoms with E-state index in [4.69, 9.17) is 4.74 Å². The number of nitriles is 1. The van der Waals surface area contributed by atoms with E-state index in [9.17, 15) is 14.9 Å². The fraction of sp³-hybridized carbons (Fsp3) is 0.250. The van der Waals surface area contributed by atoms with Crippen molar-refractivity contribution in [3.8, 4) is 11.8 Å². The third-order valence-electron chi connectivity index (χ3n) is 4.86. The molecule has 0 aliphatic heterocycles. The minimum atomic E-state index is -0.826. The first kappa shape index (κ1) is 21.8. The van der Waals surface area contributed by atoms with Crippen LogP contribution < -0.4 is 5.32 Å². The number of esters is 1. The number of nitrogens with one attached hydrogen (secondary N) is 1. The molecule has 3 rings (SSSR count). The molecule has 0 spiro atoms. The number of nitrogens with zero attached hydrogens (tertiary/aromatic N) is 3. The maximum atomic E-state index is 12.8. The van der Waals surface area contributed by atoms with Gasteiger partial charge in [0, 0.05) is 5.56 Å². The lowest BCUT2D eigenvalue weighted by atomic mass is 10.0. The Morgan fingerprint density at radius 3 is 2.29 bits per heavy atom. The molecule has 0 saturated heterocycles. The maximum Gasteiger partial charge on any atom is 0.329 e. The molecule has 1 atom stereocenters. The topological polar surface area (TPSA) is 97.0 Å². The summed E-state index contributed by atoms with van der Waals surface area (Å²) >= 11 is 0. The van der Waals surface area contributed by atoms with Crippen LogP contribution in [0.4, 0.5) is 0 Å². The molecule has 3 aromatic rings. The average Bonchev–Trinajstić information content (AvgIpc) is 3.11. The summed E-state index contributed by atoms with van der Waals surface area (Å²) in [6, 6.07) is 19.3. The number of ether oxygens (including phenoxy) is 1. The van der Waals surface area contributed by atoms with E-state index < -0.39 is 12.0 Å². The number of aryl methyl sites for hydroxylation is 1. The van der Waals surface area contributed by atoms with Crippen LogP contribution in [0.1, 0.15) is 41.2 Å². The summed E-state index contributed by atoms with van der Waals surface area (Å²) < 4.78 is 7.15. The van der Waals surface area contributed by atoms with Crippen molar-refractivity contribution >= 4 is 11.9 Å². The third kappa shape index (κ3) is 4.98. The molecule has 0 saturated carbocycles. The molecule has 7 nitrogen and oxygen atoms in total. The number of aromatic nitrogens is 2. The van der Waals surface area contributed by atoms with Gasteiger partial charge in [-0.25, -0.2) is 9.48 Å². The second-order valence-corrected chi connectivity index (χ2v) is 7.44. The van der Waals surface area contributed by atoms with Crippen molar-refractivity contribution < 1.29 is 14.3 Å². The van der Waals surface area contributed by atoms with Crippen molar-refractivity contribution in [2.24, 2.45) is 5.92 Å². The number of hydrogen-bond donors (Lipinski definition) is 1. The molecule has 1 heterocycles. The number of para-hydroxylation sites is 1. The van der Waals surface area contributed by atoms with Gasteiger partial charge in [-0.1, -0.05) is 50.2 Å². The van der Waals surface area contributed by atoms with Gasteiger partial charge in [-0.15, -0.1) is 0 Å². The number of benzene rings is 2. The highest BCUT2D eigenvalue weighted by Crippen LogP contribution is 2.19. The predicted octanol–water partition coefficient (Wildman–Crippen LogP) is 3.55. The van der Waals surface area contributed by atoms with Crippen molar-refractivity contribution in [2.75, 3.05) is 0 Å².